The van der Waals surface area contributed by atoms with Crippen LogP contribution in [0.4, 0.5) is 0 Å². The first-order chi connectivity index (χ1) is 8.90. The third-order valence-electron chi connectivity index (χ3n) is 2.75. The van der Waals surface area contributed by atoms with Crippen LogP contribution in [0.25, 0.3) is 0 Å². The first-order valence-electron chi connectivity index (χ1n) is 5.60. The van der Waals surface area contributed by atoms with E-state index >= 15 is 0 Å². The fourth-order valence-corrected chi connectivity index (χ4v) is 2.21. The van der Waals surface area contributed by atoms with Crippen LogP contribution in [0, 0.1) is 0 Å². The SMILES string of the molecule is C=CC1CC(c2ccc(Cl)cc2)OC(C(Cl)(Cl)Cl)=N1. The maximum atomic E-state index is 5.86. The van der Waals surface area contributed by atoms with Crippen molar-refractivity contribution in [1.29, 1.82) is 0 Å². The number of hydrogen-bond donors (Lipinski definition) is 0. The maximum absolute atomic E-state index is 5.86. The summed E-state index contributed by atoms with van der Waals surface area (Å²) in [6.07, 6.45) is 2.13. The maximum Gasteiger partial charge on any atom is 0.266 e. The molecule has 1 aromatic carbocycles. The zero-order chi connectivity index (χ0) is 14.0. The molecule has 19 heavy (non-hydrogen) atoms. The van der Waals surface area contributed by atoms with Gasteiger partial charge in [-0.25, -0.2) is 4.99 Å². The summed E-state index contributed by atoms with van der Waals surface area (Å²) < 4.78 is 4.00. The van der Waals surface area contributed by atoms with E-state index in [0.717, 1.165) is 5.56 Å². The minimum Gasteiger partial charge on any atom is -0.470 e. The zero-order valence-electron chi connectivity index (χ0n) is 9.82. The van der Waals surface area contributed by atoms with Gasteiger partial charge in [-0.3, -0.25) is 0 Å². The van der Waals surface area contributed by atoms with E-state index in [1.807, 2.05) is 12.1 Å². The lowest BCUT2D eigenvalue weighted by molar-refractivity contribution is 0.155. The minimum atomic E-state index is -1.67. The smallest absolute Gasteiger partial charge is 0.266 e. The number of hydrogen-bond acceptors (Lipinski definition) is 2. The Morgan fingerprint density at radius 2 is 1.89 bits per heavy atom. The van der Waals surface area contributed by atoms with E-state index in [1.165, 1.54) is 0 Å². The van der Waals surface area contributed by atoms with Crippen molar-refractivity contribution in [1.82, 2.24) is 0 Å². The second kappa shape index (κ2) is 5.92. The van der Waals surface area contributed by atoms with Gasteiger partial charge in [0.1, 0.15) is 6.10 Å². The molecule has 1 aromatic rings. The quantitative estimate of drug-likeness (QED) is 0.541. The van der Waals surface area contributed by atoms with E-state index in [9.17, 15) is 0 Å². The molecule has 0 saturated heterocycles. The Kier molecular flexibility index (Phi) is 4.67. The lowest BCUT2D eigenvalue weighted by Gasteiger charge is -2.30. The van der Waals surface area contributed by atoms with Crippen LogP contribution in [0.15, 0.2) is 41.9 Å². The second-order valence-electron chi connectivity index (χ2n) is 4.13. The van der Waals surface area contributed by atoms with E-state index in [2.05, 4.69) is 11.6 Å². The predicted octanol–water partition coefficient (Wildman–Crippen LogP) is 5.12. The van der Waals surface area contributed by atoms with E-state index in [1.54, 1.807) is 18.2 Å². The van der Waals surface area contributed by atoms with Gasteiger partial charge in [-0.1, -0.05) is 64.6 Å². The number of rotatable bonds is 2. The molecule has 0 spiro atoms. The van der Waals surface area contributed by atoms with E-state index < -0.39 is 3.79 Å². The van der Waals surface area contributed by atoms with Gasteiger partial charge in [0.05, 0.1) is 6.04 Å². The topological polar surface area (TPSA) is 21.6 Å². The molecule has 0 bridgehead atoms. The fourth-order valence-electron chi connectivity index (χ4n) is 1.81. The number of halogens is 4. The molecule has 6 heteroatoms. The van der Waals surface area contributed by atoms with Crippen LogP contribution in [0.5, 0.6) is 0 Å². The average molecular weight is 339 g/mol. The Morgan fingerprint density at radius 1 is 1.26 bits per heavy atom. The molecule has 2 unspecified atom stereocenters. The lowest BCUT2D eigenvalue weighted by atomic mass is 10.0. The van der Waals surface area contributed by atoms with Crippen LogP contribution in [0.1, 0.15) is 18.1 Å². The molecule has 1 heterocycles. The number of ether oxygens (including phenoxy) is 1. The number of nitrogens with zero attached hydrogens (tertiary/aromatic N) is 1. The van der Waals surface area contributed by atoms with Crippen molar-refractivity contribution < 1.29 is 4.74 Å². The summed E-state index contributed by atoms with van der Waals surface area (Å²) in [4.78, 5) is 4.22. The lowest BCUT2D eigenvalue weighted by Crippen LogP contribution is -2.31. The first kappa shape index (κ1) is 15.0. The molecule has 2 atom stereocenters. The van der Waals surface area contributed by atoms with Crippen molar-refractivity contribution in [3.63, 3.8) is 0 Å². The monoisotopic (exact) mass is 337 g/mol. The Hall–Kier alpha value is -0.410. The molecule has 0 N–H and O–H groups in total. The van der Waals surface area contributed by atoms with Crippen LogP contribution in [-0.4, -0.2) is 15.7 Å². The van der Waals surface area contributed by atoms with Gasteiger partial charge >= 0.3 is 0 Å². The van der Waals surface area contributed by atoms with Crippen molar-refractivity contribution in [3.05, 3.63) is 47.5 Å². The van der Waals surface area contributed by atoms with Gasteiger partial charge in [-0.2, -0.15) is 0 Å². The van der Waals surface area contributed by atoms with Crippen molar-refractivity contribution in [3.8, 4) is 0 Å². The molecular formula is C13H11Cl4NO. The fraction of sp³-hybridized carbons (Fsp3) is 0.308. The van der Waals surface area contributed by atoms with Crippen LogP contribution >= 0.6 is 46.4 Å². The van der Waals surface area contributed by atoms with Crippen molar-refractivity contribution in [2.45, 2.75) is 22.4 Å². The van der Waals surface area contributed by atoms with Crippen LogP contribution < -0.4 is 0 Å². The number of alkyl halides is 3. The van der Waals surface area contributed by atoms with Crippen molar-refractivity contribution in [2.24, 2.45) is 4.99 Å². The summed E-state index contributed by atoms with van der Waals surface area (Å²) in [6.45, 7) is 3.73. The van der Waals surface area contributed by atoms with Gasteiger partial charge in [0.25, 0.3) is 3.79 Å². The first-order valence-corrected chi connectivity index (χ1v) is 7.11. The molecular weight excluding hydrogens is 328 g/mol. The van der Waals surface area contributed by atoms with E-state index in [0.29, 0.717) is 11.4 Å². The van der Waals surface area contributed by atoms with Gasteiger partial charge in [-0.15, -0.1) is 6.58 Å². The zero-order valence-corrected chi connectivity index (χ0v) is 12.8. The molecule has 0 aromatic heterocycles. The van der Waals surface area contributed by atoms with Crippen LogP contribution in [-0.2, 0) is 4.74 Å². The molecule has 1 aliphatic rings. The summed E-state index contributed by atoms with van der Waals surface area (Å²) in [5.41, 5.74) is 0.956. The average Bonchev–Trinajstić information content (AvgIpc) is 2.38. The summed E-state index contributed by atoms with van der Waals surface area (Å²) in [5, 5.41) is 0.662. The highest BCUT2D eigenvalue weighted by atomic mass is 35.6. The van der Waals surface area contributed by atoms with Gasteiger partial charge in [-0.05, 0) is 17.7 Å². The molecule has 2 rings (SSSR count). The number of aliphatic imine (C=N–C) groups is 1. The Labute approximate surface area is 132 Å². The molecule has 2 nitrogen and oxygen atoms in total. The van der Waals surface area contributed by atoms with Gasteiger partial charge in [0.2, 0.25) is 5.90 Å². The van der Waals surface area contributed by atoms with Gasteiger partial charge in [0.15, 0.2) is 0 Å². The summed E-state index contributed by atoms with van der Waals surface area (Å²) in [7, 11) is 0. The third-order valence-corrected chi connectivity index (χ3v) is 3.49. The highest BCUT2D eigenvalue weighted by Gasteiger charge is 2.36. The summed E-state index contributed by atoms with van der Waals surface area (Å²) >= 11 is 23.4. The Bertz CT molecular complexity index is 492. The van der Waals surface area contributed by atoms with Gasteiger partial charge < -0.3 is 4.74 Å². The molecule has 1 aliphatic heterocycles. The molecule has 0 fully saturated rings. The normalized spacial score (nSPS) is 23.5. The molecule has 0 radical (unpaired) electrons. The molecule has 0 aliphatic carbocycles. The predicted molar refractivity (Wildman–Crippen MR) is 81.6 cm³/mol. The summed E-state index contributed by atoms with van der Waals surface area (Å²) in [6, 6.07) is 7.22. The molecule has 0 saturated carbocycles. The third kappa shape index (κ3) is 3.79. The minimum absolute atomic E-state index is 0.0913. The Morgan fingerprint density at radius 3 is 2.42 bits per heavy atom. The van der Waals surface area contributed by atoms with Crippen molar-refractivity contribution >= 4 is 52.3 Å². The Balaban J connectivity index is 2.27. The summed E-state index contributed by atoms with van der Waals surface area (Å²) in [5.74, 6) is 0.0913. The standard InChI is InChI=1S/C13H11Cl4NO/c1-2-10-7-11(8-3-5-9(14)6-4-8)19-12(18-10)13(15,16)17/h2-6,10-11H,1,7H2. The van der Waals surface area contributed by atoms with E-state index in [4.69, 9.17) is 51.1 Å². The molecule has 102 valence electrons. The van der Waals surface area contributed by atoms with Crippen LogP contribution in [0.3, 0.4) is 0 Å². The highest BCUT2D eigenvalue weighted by molar-refractivity contribution is 6.76. The van der Waals surface area contributed by atoms with Crippen LogP contribution in [0.2, 0.25) is 5.02 Å². The largest absolute Gasteiger partial charge is 0.470 e. The van der Waals surface area contributed by atoms with Gasteiger partial charge in [0, 0.05) is 11.4 Å². The van der Waals surface area contributed by atoms with Crippen molar-refractivity contribution in [2.75, 3.05) is 0 Å². The number of benzene rings is 1. The highest BCUT2D eigenvalue weighted by Crippen LogP contribution is 2.37. The second-order valence-corrected chi connectivity index (χ2v) is 6.85. The van der Waals surface area contributed by atoms with E-state index in [-0.39, 0.29) is 18.0 Å². The molecule has 0 amide bonds.